The zero-order chi connectivity index (χ0) is 16.2. The lowest BCUT2D eigenvalue weighted by molar-refractivity contribution is -0.135. The molecule has 2 heterocycles. The standard InChI is InChI=1S/C15H17N5O2S/c1-2-13(21)19-6-8-20(9-7-19)14(22)10-16-11-4-3-5-12-15(11)18-23-17-12/h2-5,16H,1,6-10H2. The Bertz CT molecular complexity index is 736. The van der Waals surface area contributed by atoms with Crippen LogP contribution in [-0.4, -0.2) is 63.1 Å². The van der Waals surface area contributed by atoms with Crippen LogP contribution >= 0.6 is 11.7 Å². The molecule has 1 aliphatic heterocycles. The molecule has 7 nitrogen and oxygen atoms in total. The lowest BCUT2D eigenvalue weighted by Gasteiger charge is -2.34. The highest BCUT2D eigenvalue weighted by atomic mass is 32.1. The van der Waals surface area contributed by atoms with Crippen LogP contribution in [0.1, 0.15) is 0 Å². The predicted molar refractivity (Wildman–Crippen MR) is 89.3 cm³/mol. The van der Waals surface area contributed by atoms with Crippen LogP contribution in [0.15, 0.2) is 30.9 Å². The number of nitrogens with zero attached hydrogens (tertiary/aromatic N) is 4. The zero-order valence-electron chi connectivity index (χ0n) is 12.6. The summed E-state index contributed by atoms with van der Waals surface area (Å²) in [6.07, 6.45) is 1.31. The molecule has 1 N–H and O–H groups in total. The molecule has 0 atom stereocenters. The Morgan fingerprint density at radius 2 is 1.96 bits per heavy atom. The van der Waals surface area contributed by atoms with Crippen molar-refractivity contribution < 1.29 is 9.59 Å². The van der Waals surface area contributed by atoms with Gasteiger partial charge >= 0.3 is 0 Å². The first-order valence-electron chi connectivity index (χ1n) is 7.33. The van der Waals surface area contributed by atoms with Gasteiger partial charge < -0.3 is 15.1 Å². The van der Waals surface area contributed by atoms with Crippen molar-refractivity contribution in [2.75, 3.05) is 38.0 Å². The van der Waals surface area contributed by atoms with E-state index >= 15 is 0 Å². The molecule has 2 aromatic rings. The van der Waals surface area contributed by atoms with Gasteiger partial charge in [0.25, 0.3) is 0 Å². The number of aromatic nitrogens is 2. The summed E-state index contributed by atoms with van der Waals surface area (Å²) >= 11 is 1.15. The third-order valence-corrected chi connectivity index (χ3v) is 4.38. The van der Waals surface area contributed by atoms with Crippen LogP contribution in [0.25, 0.3) is 11.0 Å². The average Bonchev–Trinajstić information content (AvgIpc) is 3.08. The summed E-state index contributed by atoms with van der Waals surface area (Å²) in [6, 6.07) is 5.66. The van der Waals surface area contributed by atoms with Crippen LogP contribution in [-0.2, 0) is 9.59 Å². The molecule has 0 bridgehead atoms. The molecule has 2 amide bonds. The number of piperazine rings is 1. The van der Waals surface area contributed by atoms with E-state index in [-0.39, 0.29) is 18.4 Å². The van der Waals surface area contributed by atoms with Gasteiger partial charge in [-0.2, -0.15) is 8.75 Å². The van der Waals surface area contributed by atoms with Crippen LogP contribution in [0.5, 0.6) is 0 Å². The number of hydrogen-bond donors (Lipinski definition) is 1. The Morgan fingerprint density at radius 1 is 1.22 bits per heavy atom. The second-order valence-corrected chi connectivity index (χ2v) is 5.73. The van der Waals surface area contributed by atoms with Crippen molar-refractivity contribution in [2.24, 2.45) is 0 Å². The van der Waals surface area contributed by atoms with Crippen LogP contribution in [0, 0.1) is 0 Å². The molecule has 0 spiro atoms. The molecule has 3 rings (SSSR count). The summed E-state index contributed by atoms with van der Waals surface area (Å²) < 4.78 is 8.42. The molecule has 1 saturated heterocycles. The third kappa shape index (κ3) is 3.31. The number of nitrogens with one attached hydrogen (secondary N) is 1. The maximum absolute atomic E-state index is 12.3. The van der Waals surface area contributed by atoms with E-state index in [4.69, 9.17) is 0 Å². The molecule has 0 saturated carbocycles. The molecule has 23 heavy (non-hydrogen) atoms. The molecule has 1 aliphatic rings. The summed E-state index contributed by atoms with van der Waals surface area (Å²) in [5.41, 5.74) is 2.42. The van der Waals surface area contributed by atoms with Crippen molar-refractivity contribution in [3.8, 4) is 0 Å². The fraction of sp³-hybridized carbons (Fsp3) is 0.333. The Labute approximate surface area is 137 Å². The van der Waals surface area contributed by atoms with E-state index < -0.39 is 0 Å². The summed E-state index contributed by atoms with van der Waals surface area (Å²) in [7, 11) is 0. The highest BCUT2D eigenvalue weighted by Gasteiger charge is 2.22. The van der Waals surface area contributed by atoms with E-state index in [2.05, 4.69) is 20.6 Å². The van der Waals surface area contributed by atoms with Crippen molar-refractivity contribution in [3.63, 3.8) is 0 Å². The Kier molecular flexibility index (Phi) is 4.52. The molecular formula is C15H17N5O2S. The van der Waals surface area contributed by atoms with Gasteiger partial charge in [-0.1, -0.05) is 12.6 Å². The van der Waals surface area contributed by atoms with E-state index in [9.17, 15) is 9.59 Å². The largest absolute Gasteiger partial charge is 0.374 e. The third-order valence-electron chi connectivity index (χ3n) is 3.83. The maximum Gasteiger partial charge on any atom is 0.246 e. The highest BCUT2D eigenvalue weighted by molar-refractivity contribution is 7.00. The summed E-state index contributed by atoms with van der Waals surface area (Å²) in [4.78, 5) is 27.3. The predicted octanol–water partition coefficient (Wildman–Crippen LogP) is 0.960. The zero-order valence-corrected chi connectivity index (χ0v) is 13.4. The highest BCUT2D eigenvalue weighted by Crippen LogP contribution is 2.20. The van der Waals surface area contributed by atoms with Gasteiger partial charge in [-0.25, -0.2) is 0 Å². The minimum absolute atomic E-state index is 0.0101. The smallest absolute Gasteiger partial charge is 0.246 e. The lowest BCUT2D eigenvalue weighted by Crippen LogP contribution is -2.51. The van der Waals surface area contributed by atoms with Crippen molar-refractivity contribution >= 4 is 40.3 Å². The Hall–Kier alpha value is -2.48. The quantitative estimate of drug-likeness (QED) is 0.844. The van der Waals surface area contributed by atoms with Gasteiger partial charge in [-0.05, 0) is 18.2 Å². The van der Waals surface area contributed by atoms with Crippen LogP contribution in [0.2, 0.25) is 0 Å². The number of carbonyl (C=O) groups excluding carboxylic acids is 2. The van der Waals surface area contributed by atoms with Gasteiger partial charge in [-0.3, -0.25) is 9.59 Å². The van der Waals surface area contributed by atoms with Gasteiger partial charge in [-0.15, -0.1) is 0 Å². The fourth-order valence-corrected chi connectivity index (χ4v) is 3.09. The van der Waals surface area contributed by atoms with Crippen molar-refractivity contribution in [2.45, 2.75) is 0 Å². The minimum Gasteiger partial charge on any atom is -0.374 e. The number of fused-ring (bicyclic) bond motifs is 1. The van der Waals surface area contributed by atoms with E-state index in [1.807, 2.05) is 18.2 Å². The first kappa shape index (κ1) is 15.4. The van der Waals surface area contributed by atoms with E-state index in [1.54, 1.807) is 9.80 Å². The van der Waals surface area contributed by atoms with Gasteiger partial charge in [0.2, 0.25) is 11.8 Å². The Balaban J connectivity index is 1.55. The molecule has 120 valence electrons. The second-order valence-electron chi connectivity index (χ2n) is 5.20. The number of anilines is 1. The van der Waals surface area contributed by atoms with Gasteiger partial charge in [0, 0.05) is 26.2 Å². The van der Waals surface area contributed by atoms with Crippen LogP contribution < -0.4 is 5.32 Å². The summed E-state index contributed by atoms with van der Waals surface area (Å²) in [5.74, 6) is -0.0752. The normalized spacial score (nSPS) is 14.8. The minimum atomic E-state index is -0.0852. The molecule has 1 fully saturated rings. The maximum atomic E-state index is 12.3. The van der Waals surface area contributed by atoms with Gasteiger partial charge in [0.15, 0.2) is 0 Å². The molecular weight excluding hydrogens is 314 g/mol. The fourth-order valence-electron chi connectivity index (χ4n) is 2.54. The SMILES string of the molecule is C=CC(=O)N1CCN(C(=O)CNc2cccc3nsnc23)CC1. The average molecular weight is 331 g/mol. The van der Waals surface area contributed by atoms with Gasteiger partial charge in [0.1, 0.15) is 11.0 Å². The number of carbonyl (C=O) groups is 2. The Morgan fingerprint density at radius 3 is 2.70 bits per heavy atom. The lowest BCUT2D eigenvalue weighted by atomic mass is 10.2. The van der Waals surface area contributed by atoms with Crippen LogP contribution in [0.3, 0.4) is 0 Å². The molecule has 0 aliphatic carbocycles. The van der Waals surface area contributed by atoms with Crippen molar-refractivity contribution in [1.29, 1.82) is 0 Å². The molecule has 1 aromatic carbocycles. The summed E-state index contributed by atoms with van der Waals surface area (Å²) in [6.45, 7) is 5.86. The number of amides is 2. The first-order valence-corrected chi connectivity index (χ1v) is 8.06. The van der Waals surface area contributed by atoms with Crippen molar-refractivity contribution in [1.82, 2.24) is 18.5 Å². The molecule has 8 heteroatoms. The van der Waals surface area contributed by atoms with Crippen LogP contribution in [0.4, 0.5) is 5.69 Å². The number of benzene rings is 1. The topological polar surface area (TPSA) is 78.4 Å². The summed E-state index contributed by atoms with van der Waals surface area (Å²) in [5, 5.41) is 3.13. The van der Waals surface area contributed by atoms with E-state index in [0.29, 0.717) is 26.2 Å². The van der Waals surface area contributed by atoms with E-state index in [1.165, 1.54) is 6.08 Å². The first-order chi connectivity index (χ1) is 11.2. The van der Waals surface area contributed by atoms with Crippen molar-refractivity contribution in [3.05, 3.63) is 30.9 Å². The number of rotatable bonds is 4. The molecule has 0 radical (unpaired) electrons. The molecule has 1 aromatic heterocycles. The monoisotopic (exact) mass is 331 g/mol. The van der Waals surface area contributed by atoms with Gasteiger partial charge in [0.05, 0.1) is 24.0 Å². The number of hydrogen-bond acceptors (Lipinski definition) is 6. The molecule has 0 unspecified atom stereocenters. The second kappa shape index (κ2) is 6.74. The van der Waals surface area contributed by atoms with E-state index in [0.717, 1.165) is 28.4 Å².